The van der Waals surface area contributed by atoms with Crippen LogP contribution in [0.2, 0.25) is 0 Å². The summed E-state index contributed by atoms with van der Waals surface area (Å²) in [6.07, 6.45) is 0.913. The van der Waals surface area contributed by atoms with Crippen LogP contribution in [0, 0.1) is 6.07 Å². The van der Waals surface area contributed by atoms with Gasteiger partial charge in [0.2, 0.25) is 5.91 Å². The average Bonchev–Trinajstić information content (AvgIpc) is 2.48. The van der Waals surface area contributed by atoms with E-state index in [-0.39, 0.29) is 11.8 Å². The molecule has 4 nitrogen and oxygen atoms in total. The number of ether oxygens (including phenoxy) is 1. The van der Waals surface area contributed by atoms with Crippen molar-refractivity contribution in [3.63, 3.8) is 0 Å². The first-order valence-electron chi connectivity index (χ1n) is 5.68. The van der Waals surface area contributed by atoms with Gasteiger partial charge < -0.3 is 15.4 Å². The second-order valence-electron chi connectivity index (χ2n) is 4.45. The Bertz CT molecular complexity index is 431. The zero-order valence-corrected chi connectivity index (χ0v) is 10.2. The maximum absolute atomic E-state index is 11.6. The van der Waals surface area contributed by atoms with Gasteiger partial charge in [0, 0.05) is 19.2 Å². The number of rotatable bonds is 2. The molecule has 1 amide bonds. The molecule has 91 valence electrons. The van der Waals surface area contributed by atoms with Gasteiger partial charge in [-0.1, -0.05) is 0 Å². The van der Waals surface area contributed by atoms with Gasteiger partial charge in [-0.3, -0.25) is 4.79 Å². The second-order valence-corrected chi connectivity index (χ2v) is 4.45. The number of fused-ring (bicyclic) bond motifs is 1. The fourth-order valence-corrected chi connectivity index (χ4v) is 2.23. The summed E-state index contributed by atoms with van der Waals surface area (Å²) in [6, 6.07) is 6.84. The third kappa shape index (κ3) is 2.42. The van der Waals surface area contributed by atoms with Crippen LogP contribution in [0.5, 0.6) is 5.75 Å². The van der Waals surface area contributed by atoms with E-state index in [4.69, 9.17) is 10.5 Å². The molecule has 1 unspecified atom stereocenters. The number of hydrogen-bond acceptors (Lipinski definition) is 3. The van der Waals surface area contributed by atoms with E-state index in [2.05, 4.69) is 11.0 Å². The molecule has 1 atom stereocenters. The minimum Gasteiger partial charge on any atom is -0.496 e. The molecule has 1 aliphatic rings. The van der Waals surface area contributed by atoms with E-state index >= 15 is 0 Å². The van der Waals surface area contributed by atoms with Gasteiger partial charge >= 0.3 is 0 Å². The Morgan fingerprint density at radius 2 is 2.41 bits per heavy atom. The Balaban J connectivity index is 2.45. The van der Waals surface area contributed by atoms with E-state index < -0.39 is 0 Å². The highest BCUT2D eigenvalue weighted by molar-refractivity contribution is 5.83. The molecule has 0 saturated carbocycles. The zero-order chi connectivity index (χ0) is 12.4. The zero-order valence-electron chi connectivity index (χ0n) is 10.2. The number of carbonyl (C=O) groups excluding carboxylic acids is 1. The highest BCUT2D eigenvalue weighted by Gasteiger charge is 2.25. The third-order valence-corrected chi connectivity index (χ3v) is 3.24. The predicted molar refractivity (Wildman–Crippen MR) is 65.0 cm³/mol. The summed E-state index contributed by atoms with van der Waals surface area (Å²) < 4.78 is 5.15. The van der Waals surface area contributed by atoms with Crippen molar-refractivity contribution in [1.29, 1.82) is 0 Å². The lowest BCUT2D eigenvalue weighted by Crippen LogP contribution is -2.31. The fraction of sp³-hybridized carbons (Fsp3) is 0.462. The second kappa shape index (κ2) is 4.75. The van der Waals surface area contributed by atoms with E-state index in [1.165, 1.54) is 0 Å². The third-order valence-electron chi connectivity index (χ3n) is 3.24. The molecule has 0 fully saturated rings. The van der Waals surface area contributed by atoms with Gasteiger partial charge in [-0.05, 0) is 36.7 Å². The van der Waals surface area contributed by atoms with Crippen LogP contribution in [-0.4, -0.2) is 38.1 Å². The van der Waals surface area contributed by atoms with Crippen LogP contribution in [0.15, 0.2) is 12.1 Å². The van der Waals surface area contributed by atoms with E-state index in [0.29, 0.717) is 12.3 Å². The van der Waals surface area contributed by atoms with Crippen LogP contribution in [0.3, 0.4) is 0 Å². The first kappa shape index (κ1) is 11.9. The van der Waals surface area contributed by atoms with Crippen molar-refractivity contribution in [2.24, 2.45) is 5.73 Å². The molecule has 0 saturated heterocycles. The van der Waals surface area contributed by atoms with Crippen molar-refractivity contribution in [2.75, 3.05) is 27.2 Å². The van der Waals surface area contributed by atoms with Crippen LogP contribution < -0.4 is 10.5 Å². The van der Waals surface area contributed by atoms with Crippen molar-refractivity contribution in [1.82, 2.24) is 4.90 Å². The molecule has 4 heteroatoms. The van der Waals surface area contributed by atoms with Crippen molar-refractivity contribution >= 4 is 5.91 Å². The lowest BCUT2D eigenvalue weighted by atomic mass is 9.93. The molecule has 2 N–H and O–H groups in total. The van der Waals surface area contributed by atoms with Crippen molar-refractivity contribution < 1.29 is 9.53 Å². The Morgan fingerprint density at radius 3 is 3.06 bits per heavy atom. The van der Waals surface area contributed by atoms with Gasteiger partial charge in [0.05, 0.1) is 13.0 Å². The van der Waals surface area contributed by atoms with E-state index in [1.807, 2.05) is 19.2 Å². The smallest absolute Gasteiger partial charge is 0.226 e. The molecule has 0 bridgehead atoms. The van der Waals surface area contributed by atoms with Crippen LogP contribution in [-0.2, 0) is 11.2 Å². The van der Waals surface area contributed by atoms with E-state index in [9.17, 15) is 4.79 Å². The number of methoxy groups -OCH3 is 1. The molecule has 1 heterocycles. The molecule has 0 spiro atoms. The van der Waals surface area contributed by atoms with Gasteiger partial charge in [0.1, 0.15) is 5.75 Å². The topological polar surface area (TPSA) is 55.6 Å². The Kier molecular flexibility index (Phi) is 3.33. The summed E-state index contributed by atoms with van der Waals surface area (Å²) in [4.78, 5) is 13.7. The minimum absolute atomic E-state index is 0.263. The quantitative estimate of drug-likeness (QED) is 0.811. The molecule has 1 aliphatic heterocycles. The standard InChI is InChI=1S/C13H17N2O2/c1-15-6-5-9-3-4-10(17-2)7-11(9)12(8-15)13(14)16/h3,7,12H,5-6,8H2,1-2H3,(H2,14,16). The Labute approximate surface area is 101 Å². The molecular formula is C13H17N2O2. The van der Waals surface area contributed by atoms with Gasteiger partial charge in [0.25, 0.3) is 0 Å². The Morgan fingerprint density at radius 1 is 1.65 bits per heavy atom. The van der Waals surface area contributed by atoms with Crippen LogP contribution in [0.1, 0.15) is 17.0 Å². The van der Waals surface area contributed by atoms with Crippen molar-refractivity contribution in [3.05, 3.63) is 29.3 Å². The summed E-state index contributed by atoms with van der Waals surface area (Å²) >= 11 is 0. The number of benzene rings is 1. The monoisotopic (exact) mass is 233 g/mol. The number of nitrogens with two attached hydrogens (primary N) is 1. The first-order chi connectivity index (χ1) is 8.11. The van der Waals surface area contributed by atoms with Gasteiger partial charge in [-0.15, -0.1) is 0 Å². The lowest BCUT2D eigenvalue weighted by Gasteiger charge is -2.18. The fourth-order valence-electron chi connectivity index (χ4n) is 2.23. The average molecular weight is 233 g/mol. The van der Waals surface area contributed by atoms with Crippen molar-refractivity contribution in [2.45, 2.75) is 12.3 Å². The number of primary amides is 1. The number of amides is 1. The maximum Gasteiger partial charge on any atom is 0.226 e. The highest BCUT2D eigenvalue weighted by Crippen LogP contribution is 2.28. The molecule has 1 radical (unpaired) electrons. The van der Waals surface area contributed by atoms with Crippen molar-refractivity contribution in [3.8, 4) is 5.75 Å². The molecule has 0 aromatic heterocycles. The summed E-state index contributed by atoms with van der Waals surface area (Å²) in [5.74, 6) is 0.105. The number of carbonyl (C=O) groups is 1. The lowest BCUT2D eigenvalue weighted by molar-refractivity contribution is -0.119. The van der Waals surface area contributed by atoms with Crippen LogP contribution in [0.4, 0.5) is 0 Å². The molecule has 17 heavy (non-hydrogen) atoms. The molecular weight excluding hydrogens is 216 g/mol. The Hall–Kier alpha value is -1.55. The van der Waals surface area contributed by atoms with E-state index in [0.717, 1.165) is 24.1 Å². The number of likely N-dealkylation sites (N-methyl/N-ethyl adjacent to an activating group) is 1. The van der Waals surface area contributed by atoms with E-state index in [1.54, 1.807) is 7.11 Å². The summed E-state index contributed by atoms with van der Waals surface area (Å²) in [7, 11) is 3.60. The van der Waals surface area contributed by atoms with Gasteiger partial charge in [-0.2, -0.15) is 0 Å². The highest BCUT2D eigenvalue weighted by atomic mass is 16.5. The summed E-state index contributed by atoms with van der Waals surface area (Å²) in [5.41, 5.74) is 7.61. The van der Waals surface area contributed by atoms with Gasteiger partial charge in [-0.25, -0.2) is 0 Å². The SMILES string of the molecule is COc1[c]cc2c(c1)C(C(N)=O)CN(C)CC2. The van der Waals surface area contributed by atoms with Crippen LogP contribution >= 0.6 is 0 Å². The first-order valence-corrected chi connectivity index (χ1v) is 5.68. The number of nitrogens with zero attached hydrogens (tertiary/aromatic N) is 1. The summed E-state index contributed by atoms with van der Waals surface area (Å²) in [5, 5.41) is 0. The molecule has 2 rings (SSSR count). The maximum atomic E-state index is 11.6. The molecule has 1 aromatic rings. The van der Waals surface area contributed by atoms with Gasteiger partial charge in [0.15, 0.2) is 0 Å². The molecule has 1 aromatic carbocycles. The minimum atomic E-state index is -0.284. The normalized spacial score (nSPS) is 20.5. The van der Waals surface area contributed by atoms with Crippen LogP contribution in [0.25, 0.3) is 0 Å². The largest absolute Gasteiger partial charge is 0.496 e. The number of hydrogen-bond donors (Lipinski definition) is 1. The summed E-state index contributed by atoms with van der Waals surface area (Å²) in [6.45, 7) is 1.59. The molecule has 0 aliphatic carbocycles. The predicted octanol–water partition coefficient (Wildman–Crippen LogP) is 0.552.